The number of hydrogen-bond acceptors (Lipinski definition) is 2. The fraction of sp³-hybridized carbons (Fsp3) is 0.429. The quantitative estimate of drug-likeness (QED) is 0.910. The van der Waals surface area contributed by atoms with Gasteiger partial charge in [-0.25, -0.2) is 13.1 Å². The Hall–Kier alpha value is -1.13. The zero-order valence-electron chi connectivity index (χ0n) is 10.4. The van der Waals surface area contributed by atoms with E-state index in [1.54, 1.807) is 6.08 Å². The van der Waals surface area contributed by atoms with Crippen molar-refractivity contribution in [1.82, 2.24) is 4.72 Å². The summed E-state index contributed by atoms with van der Waals surface area (Å²) in [7, 11) is -3.31. The molecule has 0 atom stereocenters. The summed E-state index contributed by atoms with van der Waals surface area (Å²) < 4.78 is 26.5. The molecule has 0 aliphatic heterocycles. The zero-order valence-corrected chi connectivity index (χ0v) is 11.2. The van der Waals surface area contributed by atoms with E-state index in [9.17, 15) is 8.42 Å². The van der Waals surface area contributed by atoms with Crippen molar-refractivity contribution in [3.05, 3.63) is 41.3 Å². The summed E-state index contributed by atoms with van der Waals surface area (Å²) in [6.45, 7) is 0. The molecule has 1 aliphatic rings. The topological polar surface area (TPSA) is 46.2 Å². The van der Waals surface area contributed by atoms with Gasteiger partial charge >= 0.3 is 0 Å². The van der Waals surface area contributed by atoms with Crippen molar-refractivity contribution in [1.29, 1.82) is 0 Å². The molecule has 0 radical (unpaired) electrons. The van der Waals surface area contributed by atoms with Crippen LogP contribution in [-0.2, 0) is 10.0 Å². The molecular weight excluding hydrogens is 246 g/mol. The molecule has 4 heteroatoms. The highest BCUT2D eigenvalue weighted by Gasteiger charge is 2.17. The van der Waals surface area contributed by atoms with Crippen molar-refractivity contribution in [3.63, 3.8) is 0 Å². The number of sulfonamides is 1. The molecule has 3 nitrogen and oxygen atoms in total. The predicted octanol–water partition coefficient (Wildman–Crippen LogP) is 2.91. The Morgan fingerprint density at radius 2 is 1.72 bits per heavy atom. The maximum Gasteiger partial charge on any atom is 0.233 e. The molecule has 0 heterocycles. The van der Waals surface area contributed by atoms with E-state index in [4.69, 9.17) is 0 Å². The highest BCUT2D eigenvalue weighted by atomic mass is 32.2. The minimum Gasteiger partial charge on any atom is -0.209 e. The molecule has 1 aromatic rings. The molecule has 1 aromatic carbocycles. The molecular formula is C14H19NO2S. The Bertz CT molecular complexity index is 488. The Morgan fingerprint density at radius 1 is 1.06 bits per heavy atom. The molecule has 1 fully saturated rings. The third-order valence-corrected chi connectivity index (χ3v) is 4.33. The van der Waals surface area contributed by atoms with Gasteiger partial charge in [0.2, 0.25) is 10.0 Å². The van der Waals surface area contributed by atoms with Crippen molar-refractivity contribution in [3.8, 4) is 0 Å². The fourth-order valence-corrected chi connectivity index (χ4v) is 3.34. The number of benzene rings is 1. The van der Waals surface area contributed by atoms with Gasteiger partial charge in [-0.05, 0) is 24.5 Å². The van der Waals surface area contributed by atoms with Crippen LogP contribution in [0.4, 0.5) is 0 Å². The molecule has 0 aromatic heterocycles. The van der Waals surface area contributed by atoms with Crippen LogP contribution >= 0.6 is 0 Å². The molecule has 0 spiro atoms. The van der Waals surface area contributed by atoms with Crippen molar-refractivity contribution in [2.45, 2.75) is 38.1 Å². The van der Waals surface area contributed by atoms with E-state index in [0.29, 0.717) is 0 Å². The Morgan fingerprint density at radius 3 is 2.39 bits per heavy atom. The SMILES string of the molecule is O=S(=O)(/C=C\c1ccccc1)NC1CCCCC1. The maximum absolute atomic E-state index is 11.9. The first-order valence-electron chi connectivity index (χ1n) is 6.41. The van der Waals surface area contributed by atoms with Gasteiger partial charge in [0, 0.05) is 11.4 Å². The summed E-state index contributed by atoms with van der Waals surface area (Å²) in [6.07, 6.45) is 7.01. The first-order valence-corrected chi connectivity index (χ1v) is 7.96. The smallest absolute Gasteiger partial charge is 0.209 e. The summed E-state index contributed by atoms with van der Waals surface area (Å²) in [5, 5.41) is 1.26. The molecule has 0 bridgehead atoms. The van der Waals surface area contributed by atoms with Crippen molar-refractivity contribution >= 4 is 16.1 Å². The molecule has 0 unspecified atom stereocenters. The van der Waals surface area contributed by atoms with Crippen LogP contribution < -0.4 is 4.72 Å². The van der Waals surface area contributed by atoms with Gasteiger partial charge in [0.25, 0.3) is 0 Å². The van der Waals surface area contributed by atoms with E-state index < -0.39 is 10.0 Å². The third kappa shape index (κ3) is 4.27. The first-order chi connectivity index (χ1) is 8.66. The molecule has 1 N–H and O–H groups in total. The van der Waals surface area contributed by atoms with E-state index >= 15 is 0 Å². The summed E-state index contributed by atoms with van der Waals surface area (Å²) >= 11 is 0. The molecule has 98 valence electrons. The second-order valence-electron chi connectivity index (χ2n) is 4.71. The van der Waals surface area contributed by atoms with E-state index in [0.717, 1.165) is 31.2 Å². The summed E-state index contributed by atoms with van der Waals surface area (Å²) in [5.41, 5.74) is 0.895. The third-order valence-electron chi connectivity index (χ3n) is 3.18. The Labute approximate surface area is 109 Å². The van der Waals surface area contributed by atoms with Gasteiger partial charge in [-0.15, -0.1) is 0 Å². The van der Waals surface area contributed by atoms with Crippen LogP contribution in [0.2, 0.25) is 0 Å². The minimum atomic E-state index is -3.31. The van der Waals surface area contributed by atoms with Crippen LogP contribution in [0.1, 0.15) is 37.7 Å². The lowest BCUT2D eigenvalue weighted by Crippen LogP contribution is -2.34. The Balaban J connectivity index is 1.96. The van der Waals surface area contributed by atoms with Gasteiger partial charge in [-0.2, -0.15) is 0 Å². The number of hydrogen-bond donors (Lipinski definition) is 1. The average Bonchev–Trinajstić information content (AvgIpc) is 2.38. The highest BCUT2D eigenvalue weighted by Crippen LogP contribution is 2.18. The van der Waals surface area contributed by atoms with Gasteiger partial charge in [-0.3, -0.25) is 0 Å². The molecule has 18 heavy (non-hydrogen) atoms. The van der Waals surface area contributed by atoms with Gasteiger partial charge in [0.05, 0.1) is 0 Å². The lowest BCUT2D eigenvalue weighted by Gasteiger charge is -2.21. The van der Waals surface area contributed by atoms with Gasteiger partial charge < -0.3 is 0 Å². The van der Waals surface area contributed by atoms with Gasteiger partial charge in [0.15, 0.2) is 0 Å². The lowest BCUT2D eigenvalue weighted by atomic mass is 9.96. The second kappa shape index (κ2) is 6.16. The van der Waals surface area contributed by atoms with Crippen LogP contribution in [0.3, 0.4) is 0 Å². The molecule has 1 aliphatic carbocycles. The van der Waals surface area contributed by atoms with Gasteiger partial charge in [-0.1, -0.05) is 49.6 Å². The second-order valence-corrected chi connectivity index (χ2v) is 6.31. The van der Waals surface area contributed by atoms with Gasteiger partial charge in [0.1, 0.15) is 0 Å². The first kappa shape index (κ1) is 13.3. The Kier molecular flexibility index (Phi) is 4.55. The molecule has 0 saturated heterocycles. The van der Waals surface area contributed by atoms with Crippen molar-refractivity contribution in [2.75, 3.05) is 0 Å². The molecule has 1 saturated carbocycles. The number of nitrogens with one attached hydrogen (secondary N) is 1. The van der Waals surface area contributed by atoms with E-state index in [2.05, 4.69) is 4.72 Å². The predicted molar refractivity (Wildman–Crippen MR) is 74.4 cm³/mol. The standard InChI is InChI=1S/C14H19NO2S/c16-18(17,15-14-9-5-2-6-10-14)12-11-13-7-3-1-4-8-13/h1,3-4,7-8,11-12,14-15H,2,5-6,9-10H2/b12-11-. The minimum absolute atomic E-state index is 0.115. The number of rotatable bonds is 4. The van der Waals surface area contributed by atoms with Crippen LogP contribution in [0.15, 0.2) is 35.7 Å². The van der Waals surface area contributed by atoms with E-state index in [1.165, 1.54) is 11.8 Å². The monoisotopic (exact) mass is 265 g/mol. The largest absolute Gasteiger partial charge is 0.233 e. The highest BCUT2D eigenvalue weighted by molar-refractivity contribution is 7.92. The average molecular weight is 265 g/mol. The van der Waals surface area contributed by atoms with Crippen LogP contribution in [0.25, 0.3) is 6.08 Å². The normalized spacial score (nSPS) is 18.2. The van der Waals surface area contributed by atoms with Crippen LogP contribution in [0, 0.1) is 0 Å². The van der Waals surface area contributed by atoms with E-state index in [1.807, 2.05) is 30.3 Å². The maximum atomic E-state index is 11.9. The molecule has 0 amide bonds. The van der Waals surface area contributed by atoms with Crippen molar-refractivity contribution in [2.24, 2.45) is 0 Å². The van der Waals surface area contributed by atoms with Crippen molar-refractivity contribution < 1.29 is 8.42 Å². The summed E-state index contributed by atoms with van der Waals surface area (Å²) in [5.74, 6) is 0. The lowest BCUT2D eigenvalue weighted by molar-refractivity contribution is 0.413. The molecule has 2 rings (SSSR count). The zero-order chi connectivity index (χ0) is 12.8. The van der Waals surface area contributed by atoms with E-state index in [-0.39, 0.29) is 6.04 Å². The van der Waals surface area contributed by atoms with Crippen LogP contribution in [-0.4, -0.2) is 14.5 Å². The fourth-order valence-electron chi connectivity index (χ4n) is 2.22. The summed E-state index contributed by atoms with van der Waals surface area (Å²) in [6, 6.07) is 9.57. The van der Waals surface area contributed by atoms with Crippen LogP contribution in [0.5, 0.6) is 0 Å². The summed E-state index contributed by atoms with van der Waals surface area (Å²) in [4.78, 5) is 0.